The molecule has 17 heavy (non-hydrogen) atoms. The number of nitrogens with zero attached hydrogens (tertiary/aromatic N) is 1. The molecule has 1 amide bonds. The van der Waals surface area contributed by atoms with Crippen molar-refractivity contribution in [2.45, 2.75) is 6.10 Å². The molecule has 2 rings (SSSR count). The lowest BCUT2D eigenvalue weighted by molar-refractivity contribution is -0.136. The van der Waals surface area contributed by atoms with E-state index in [0.717, 1.165) is 11.4 Å². The predicted octanol–water partition coefficient (Wildman–Crippen LogP) is 1.50. The third-order valence-electron chi connectivity index (χ3n) is 2.69. The number of fused-ring (bicyclic) bond motifs is 1. The van der Waals surface area contributed by atoms with Crippen molar-refractivity contribution < 1.29 is 9.53 Å². The number of carbonyl (C=O) groups is 1. The molecule has 1 heterocycles. The van der Waals surface area contributed by atoms with Crippen LogP contribution in [0.1, 0.15) is 0 Å². The fourth-order valence-corrected chi connectivity index (χ4v) is 1.78. The Morgan fingerprint density at radius 1 is 1.65 bits per heavy atom. The fourth-order valence-electron chi connectivity index (χ4n) is 1.78. The minimum Gasteiger partial charge on any atom is -0.477 e. The predicted molar refractivity (Wildman–Crippen MR) is 67.2 cm³/mol. The number of rotatable bonds is 3. The Morgan fingerprint density at radius 2 is 2.41 bits per heavy atom. The van der Waals surface area contributed by atoms with Gasteiger partial charge in [-0.1, -0.05) is 18.2 Å². The second-order valence-corrected chi connectivity index (χ2v) is 3.99. The minimum atomic E-state index is -0.463. The third kappa shape index (κ3) is 2.41. The van der Waals surface area contributed by atoms with Gasteiger partial charge in [0.1, 0.15) is 5.75 Å². The second-order valence-electron chi connectivity index (χ2n) is 3.99. The number of anilines is 1. The molecule has 1 atom stereocenters. The Morgan fingerprint density at radius 3 is 3.18 bits per heavy atom. The molecule has 1 aliphatic heterocycles. The van der Waals surface area contributed by atoms with E-state index in [1.807, 2.05) is 24.3 Å². The molecule has 0 spiro atoms. The van der Waals surface area contributed by atoms with E-state index in [1.54, 1.807) is 18.0 Å². The lowest BCUT2D eigenvalue weighted by Crippen LogP contribution is -2.45. The van der Waals surface area contributed by atoms with E-state index in [1.165, 1.54) is 0 Å². The van der Waals surface area contributed by atoms with Crippen LogP contribution in [0.15, 0.2) is 36.9 Å². The van der Waals surface area contributed by atoms with Gasteiger partial charge in [-0.25, -0.2) is 0 Å². The summed E-state index contributed by atoms with van der Waals surface area (Å²) in [6.07, 6.45) is 1.23. The summed E-state index contributed by atoms with van der Waals surface area (Å²) in [4.78, 5) is 13.6. The number of carbonyl (C=O) groups excluding carboxylic acids is 1. The first-order valence-corrected chi connectivity index (χ1v) is 5.58. The van der Waals surface area contributed by atoms with Crippen molar-refractivity contribution in [1.29, 1.82) is 0 Å². The van der Waals surface area contributed by atoms with Crippen molar-refractivity contribution >= 4 is 11.6 Å². The van der Waals surface area contributed by atoms with Crippen LogP contribution in [0, 0.1) is 0 Å². The van der Waals surface area contributed by atoms with Crippen LogP contribution >= 0.6 is 0 Å². The van der Waals surface area contributed by atoms with Crippen LogP contribution in [0.5, 0.6) is 5.75 Å². The zero-order valence-corrected chi connectivity index (χ0v) is 9.85. The zero-order valence-electron chi connectivity index (χ0n) is 9.85. The first-order valence-electron chi connectivity index (χ1n) is 5.58. The highest BCUT2D eigenvalue weighted by Gasteiger charge is 2.27. The fraction of sp³-hybridized carbons (Fsp3) is 0.308. The summed E-state index contributed by atoms with van der Waals surface area (Å²) in [6, 6.07) is 7.61. The van der Waals surface area contributed by atoms with E-state index in [2.05, 4.69) is 11.9 Å². The number of ether oxygens (including phenoxy) is 1. The second kappa shape index (κ2) is 4.91. The van der Waals surface area contributed by atoms with E-state index >= 15 is 0 Å². The normalized spacial score (nSPS) is 17.4. The van der Waals surface area contributed by atoms with E-state index in [4.69, 9.17) is 4.74 Å². The molecule has 0 fully saturated rings. The highest BCUT2D eigenvalue weighted by atomic mass is 16.5. The first-order chi connectivity index (χ1) is 8.22. The van der Waals surface area contributed by atoms with Crippen molar-refractivity contribution in [2.75, 3.05) is 25.5 Å². The molecule has 4 heteroatoms. The van der Waals surface area contributed by atoms with Crippen molar-refractivity contribution in [3.63, 3.8) is 0 Å². The quantitative estimate of drug-likeness (QED) is 0.803. The lowest BCUT2D eigenvalue weighted by Gasteiger charge is -2.29. The molecule has 0 aliphatic carbocycles. The van der Waals surface area contributed by atoms with Crippen LogP contribution in [0.3, 0.4) is 0 Å². The third-order valence-corrected chi connectivity index (χ3v) is 2.69. The van der Waals surface area contributed by atoms with E-state index in [0.29, 0.717) is 13.1 Å². The first kappa shape index (κ1) is 11.5. The molecule has 1 N–H and O–H groups in total. The number of nitrogens with one attached hydrogen (secondary N) is 1. The highest BCUT2D eigenvalue weighted by Crippen LogP contribution is 2.28. The molecule has 0 radical (unpaired) electrons. The molecule has 1 aromatic carbocycles. The van der Waals surface area contributed by atoms with Crippen LogP contribution in [0.2, 0.25) is 0 Å². The molecule has 1 unspecified atom stereocenters. The number of likely N-dealkylation sites (N-methyl/N-ethyl adjacent to an activating group) is 1. The van der Waals surface area contributed by atoms with Gasteiger partial charge in [0, 0.05) is 13.6 Å². The molecule has 0 saturated heterocycles. The molecular formula is C13H16N2O2. The van der Waals surface area contributed by atoms with Gasteiger partial charge in [-0.2, -0.15) is 0 Å². The van der Waals surface area contributed by atoms with Gasteiger partial charge in [-0.15, -0.1) is 6.58 Å². The maximum absolute atomic E-state index is 12.0. The summed E-state index contributed by atoms with van der Waals surface area (Å²) in [5.41, 5.74) is 0.933. The Balaban J connectivity index is 2.07. The molecule has 90 valence electrons. The summed E-state index contributed by atoms with van der Waals surface area (Å²) in [7, 11) is 1.74. The van der Waals surface area contributed by atoms with Gasteiger partial charge < -0.3 is 15.0 Å². The lowest BCUT2D eigenvalue weighted by atomic mass is 10.2. The summed E-state index contributed by atoms with van der Waals surface area (Å²) in [5, 5.41) is 3.19. The number of hydrogen-bond acceptors (Lipinski definition) is 3. The molecule has 0 bridgehead atoms. The minimum absolute atomic E-state index is 0.0353. The number of amides is 1. The Hall–Kier alpha value is -1.97. The van der Waals surface area contributed by atoms with Crippen molar-refractivity contribution in [3.8, 4) is 5.75 Å². The van der Waals surface area contributed by atoms with Crippen molar-refractivity contribution in [1.82, 2.24) is 4.90 Å². The average molecular weight is 232 g/mol. The smallest absolute Gasteiger partial charge is 0.265 e. The van der Waals surface area contributed by atoms with E-state index < -0.39 is 6.10 Å². The topological polar surface area (TPSA) is 41.6 Å². The number of hydrogen-bond donors (Lipinski definition) is 1. The van der Waals surface area contributed by atoms with Gasteiger partial charge in [0.25, 0.3) is 5.91 Å². The molecule has 0 aromatic heterocycles. The molecule has 0 saturated carbocycles. The number of benzene rings is 1. The van der Waals surface area contributed by atoms with Gasteiger partial charge in [0.05, 0.1) is 12.2 Å². The Bertz CT molecular complexity index is 431. The van der Waals surface area contributed by atoms with Gasteiger partial charge in [-0.05, 0) is 12.1 Å². The maximum Gasteiger partial charge on any atom is 0.265 e. The summed E-state index contributed by atoms with van der Waals surface area (Å²) in [5.74, 6) is 0.691. The number of para-hydroxylation sites is 2. The van der Waals surface area contributed by atoms with E-state index in [-0.39, 0.29) is 5.91 Å². The molecule has 1 aliphatic rings. The van der Waals surface area contributed by atoms with E-state index in [9.17, 15) is 4.79 Å². The van der Waals surface area contributed by atoms with Gasteiger partial charge in [-0.3, -0.25) is 4.79 Å². The van der Waals surface area contributed by atoms with Gasteiger partial charge >= 0.3 is 0 Å². The van der Waals surface area contributed by atoms with Gasteiger partial charge in [0.15, 0.2) is 6.10 Å². The van der Waals surface area contributed by atoms with Crippen LogP contribution in [0.4, 0.5) is 5.69 Å². The summed E-state index contributed by atoms with van der Waals surface area (Å²) < 4.78 is 5.67. The molecule has 4 nitrogen and oxygen atoms in total. The largest absolute Gasteiger partial charge is 0.477 e. The monoisotopic (exact) mass is 232 g/mol. The Kier molecular flexibility index (Phi) is 3.32. The standard InChI is InChI=1S/C13H16N2O2/c1-3-8-15(2)13(16)12-9-14-10-6-4-5-7-11(10)17-12/h3-7,12,14H,1,8-9H2,2H3. The van der Waals surface area contributed by atoms with Crippen molar-refractivity contribution in [2.24, 2.45) is 0 Å². The summed E-state index contributed by atoms with van der Waals surface area (Å²) >= 11 is 0. The molecular weight excluding hydrogens is 216 g/mol. The van der Waals surface area contributed by atoms with Gasteiger partial charge in [0.2, 0.25) is 0 Å². The van der Waals surface area contributed by atoms with Crippen LogP contribution in [-0.4, -0.2) is 37.0 Å². The Labute approximate surface area is 101 Å². The average Bonchev–Trinajstić information content (AvgIpc) is 2.37. The van der Waals surface area contributed by atoms with Crippen LogP contribution in [-0.2, 0) is 4.79 Å². The van der Waals surface area contributed by atoms with Crippen LogP contribution in [0.25, 0.3) is 0 Å². The van der Waals surface area contributed by atoms with Crippen molar-refractivity contribution in [3.05, 3.63) is 36.9 Å². The maximum atomic E-state index is 12.0. The zero-order chi connectivity index (χ0) is 12.3. The van der Waals surface area contributed by atoms with Crippen LogP contribution < -0.4 is 10.1 Å². The summed E-state index contributed by atoms with van der Waals surface area (Å²) in [6.45, 7) is 4.64. The highest BCUT2D eigenvalue weighted by molar-refractivity contribution is 5.83. The SMILES string of the molecule is C=CCN(C)C(=O)C1CNc2ccccc2O1. The molecule has 1 aromatic rings.